The van der Waals surface area contributed by atoms with Crippen LogP contribution >= 0.6 is 0 Å². The maximum Gasteiger partial charge on any atom is 0.158 e. The minimum Gasteiger partial charge on any atom is -0.458 e. The van der Waals surface area contributed by atoms with Gasteiger partial charge in [0.25, 0.3) is 0 Å². The molecule has 0 bridgehead atoms. The van der Waals surface area contributed by atoms with Gasteiger partial charge in [0.1, 0.15) is 5.76 Å². The number of aryl methyl sites for hydroxylation is 1. The van der Waals surface area contributed by atoms with Crippen LogP contribution < -0.4 is 4.90 Å². The van der Waals surface area contributed by atoms with E-state index in [1.54, 1.807) is 0 Å². The molecule has 0 atom stereocenters. The zero-order valence-corrected chi connectivity index (χ0v) is 35.7. The molecule has 1 aliphatic carbocycles. The predicted octanol–water partition coefficient (Wildman–Crippen LogP) is 17.3. The van der Waals surface area contributed by atoms with E-state index in [-0.39, 0.29) is 0 Å². The van der Waals surface area contributed by atoms with E-state index in [0.29, 0.717) is 0 Å². The Kier molecular flexibility index (Phi) is 8.67. The molecule has 0 radical (unpaired) electrons. The van der Waals surface area contributed by atoms with Crippen LogP contribution in [0.1, 0.15) is 17.7 Å². The average Bonchev–Trinajstić information content (AvgIpc) is 3.93. The fraction of sp³-hybridized carbons (Fsp3) is 0.0323. The van der Waals surface area contributed by atoms with Gasteiger partial charge in [0, 0.05) is 45.2 Å². The summed E-state index contributed by atoms with van der Waals surface area (Å²) in [5.74, 6) is 1.08. The van der Waals surface area contributed by atoms with Crippen LogP contribution in [0.15, 0.2) is 229 Å². The highest BCUT2D eigenvalue weighted by Gasteiger charge is 2.21. The second kappa shape index (κ2) is 15.1. The molecule has 65 heavy (non-hydrogen) atoms. The Morgan fingerprint density at radius 1 is 0.400 bits per heavy atom. The first-order valence-electron chi connectivity index (χ1n) is 22.5. The van der Waals surface area contributed by atoms with Gasteiger partial charge in [-0.25, -0.2) is 0 Å². The number of fused-ring (bicyclic) bond motifs is 8. The average molecular weight is 831 g/mol. The zero-order chi connectivity index (χ0) is 42.8. The largest absolute Gasteiger partial charge is 0.458 e. The van der Waals surface area contributed by atoms with Crippen molar-refractivity contribution in [2.24, 2.45) is 0 Å². The highest BCUT2D eigenvalue weighted by Crippen LogP contribution is 2.42. The first-order valence-corrected chi connectivity index (χ1v) is 22.5. The molecule has 0 aliphatic heterocycles. The van der Waals surface area contributed by atoms with Gasteiger partial charge in [-0.3, -0.25) is 0 Å². The summed E-state index contributed by atoms with van der Waals surface area (Å²) in [6, 6.07) is 79.6. The van der Waals surface area contributed by atoms with E-state index in [9.17, 15) is 0 Å². The molecule has 12 aromatic rings. The van der Waals surface area contributed by atoms with Gasteiger partial charge in [0.05, 0.1) is 16.7 Å². The first kappa shape index (κ1) is 37.2. The van der Waals surface area contributed by atoms with Crippen molar-refractivity contribution in [2.75, 3.05) is 4.90 Å². The summed E-state index contributed by atoms with van der Waals surface area (Å²) < 4.78 is 9.02. The smallest absolute Gasteiger partial charge is 0.158 e. The molecule has 0 amide bonds. The van der Waals surface area contributed by atoms with Gasteiger partial charge in [-0.05, 0) is 122 Å². The summed E-state index contributed by atoms with van der Waals surface area (Å²) in [7, 11) is 0. The molecule has 0 saturated carbocycles. The fourth-order valence-electron chi connectivity index (χ4n) is 10.3. The van der Waals surface area contributed by atoms with E-state index in [1.807, 2.05) is 0 Å². The highest BCUT2D eigenvalue weighted by molar-refractivity contribution is 6.12. The number of hydrogen-bond donors (Lipinski definition) is 0. The fourth-order valence-corrected chi connectivity index (χ4v) is 10.3. The van der Waals surface area contributed by atoms with Crippen molar-refractivity contribution in [3.8, 4) is 39.1 Å². The van der Waals surface area contributed by atoms with Gasteiger partial charge >= 0.3 is 0 Å². The number of nitrogens with zero attached hydrogens (tertiary/aromatic N) is 2. The maximum atomic E-state index is 6.64. The van der Waals surface area contributed by atoms with Crippen LogP contribution in [-0.2, 0) is 6.42 Å². The lowest BCUT2D eigenvalue weighted by atomic mass is 9.97. The molecule has 0 spiro atoms. The molecular weight excluding hydrogens is 789 g/mol. The Bertz CT molecular complexity index is 3680. The number of hydrogen-bond acceptors (Lipinski definition) is 2. The SMILES string of the molecule is C1=Cc2c(oc3c(-n4c5ccccc5c5cc(-c6ccc(N(c7ccc(-c8cccc9ccccc89)cc7)c7ccc(-c8cccc9ccccc89)cc7)cc6)ccc54)cccc23)CC1. The number of furan rings is 1. The van der Waals surface area contributed by atoms with Crippen molar-refractivity contribution in [3.05, 3.63) is 236 Å². The standard InChI is InChI=1S/C62H42N2O/c1-3-16-50-42(12-1)14-9-20-52(50)44-28-35-48(36-29-44)63(49-37-30-45(31-38-49)53-21-10-15-43-13-2-4-17-51(43)53)47-33-26-41(27-34-47)46-32-39-59-57(40-46)54-18-5-7-23-58(54)64(59)60-24-11-22-56-55-19-6-8-25-61(55)65-62(56)60/h1-7,9-24,26-40H,8,25H2. The molecule has 2 heterocycles. The minimum atomic E-state index is 0.934. The quantitative estimate of drug-likeness (QED) is 0.160. The van der Waals surface area contributed by atoms with Crippen molar-refractivity contribution < 1.29 is 4.42 Å². The van der Waals surface area contributed by atoms with E-state index in [4.69, 9.17) is 4.42 Å². The second-order valence-corrected chi connectivity index (χ2v) is 17.1. The van der Waals surface area contributed by atoms with Gasteiger partial charge in [0.15, 0.2) is 5.58 Å². The molecule has 0 saturated heterocycles. The highest BCUT2D eigenvalue weighted by atomic mass is 16.3. The van der Waals surface area contributed by atoms with E-state index in [1.165, 1.54) is 76.6 Å². The second-order valence-electron chi connectivity index (χ2n) is 17.1. The van der Waals surface area contributed by atoms with E-state index in [2.05, 4.69) is 240 Å². The third-order valence-corrected chi connectivity index (χ3v) is 13.5. The molecule has 3 nitrogen and oxygen atoms in total. The molecule has 0 unspecified atom stereocenters. The number of benzene rings is 10. The molecule has 306 valence electrons. The van der Waals surface area contributed by atoms with Crippen molar-refractivity contribution in [1.29, 1.82) is 0 Å². The Morgan fingerprint density at radius 3 is 1.55 bits per heavy atom. The molecule has 10 aromatic carbocycles. The molecule has 13 rings (SSSR count). The summed E-state index contributed by atoms with van der Waals surface area (Å²) in [6.45, 7) is 0. The van der Waals surface area contributed by atoms with Gasteiger partial charge in [0.2, 0.25) is 0 Å². The van der Waals surface area contributed by atoms with Crippen LogP contribution in [0.25, 0.3) is 99.5 Å². The first-order chi connectivity index (χ1) is 32.2. The van der Waals surface area contributed by atoms with Crippen LogP contribution in [0.3, 0.4) is 0 Å². The molecule has 1 aliphatic rings. The van der Waals surface area contributed by atoms with Crippen LogP contribution in [0.4, 0.5) is 17.1 Å². The Balaban J connectivity index is 0.894. The number of rotatable bonds is 7. The summed E-state index contributed by atoms with van der Waals surface area (Å²) in [5.41, 5.74) is 16.0. The van der Waals surface area contributed by atoms with Crippen molar-refractivity contribution in [1.82, 2.24) is 4.57 Å². The monoisotopic (exact) mass is 830 g/mol. The third kappa shape index (κ3) is 6.19. The Labute approximate surface area is 377 Å². The Hall–Kier alpha value is -8.40. The van der Waals surface area contributed by atoms with Crippen molar-refractivity contribution in [3.63, 3.8) is 0 Å². The summed E-state index contributed by atoms with van der Waals surface area (Å²) in [4.78, 5) is 2.36. The van der Waals surface area contributed by atoms with Crippen molar-refractivity contribution >= 4 is 77.5 Å². The van der Waals surface area contributed by atoms with Crippen LogP contribution in [-0.4, -0.2) is 4.57 Å². The molecule has 2 aromatic heterocycles. The lowest BCUT2D eigenvalue weighted by Gasteiger charge is -2.26. The predicted molar refractivity (Wildman–Crippen MR) is 274 cm³/mol. The van der Waals surface area contributed by atoms with E-state index in [0.717, 1.165) is 58.0 Å². The molecule has 0 fully saturated rings. The normalized spacial score (nSPS) is 12.4. The summed E-state index contributed by atoms with van der Waals surface area (Å²) in [6.07, 6.45) is 6.43. The lowest BCUT2D eigenvalue weighted by Crippen LogP contribution is -2.09. The van der Waals surface area contributed by atoms with E-state index >= 15 is 0 Å². The molecule has 0 N–H and O–H groups in total. The zero-order valence-electron chi connectivity index (χ0n) is 35.7. The summed E-state index contributed by atoms with van der Waals surface area (Å²) in [5, 5.41) is 8.62. The number of aromatic nitrogens is 1. The topological polar surface area (TPSA) is 21.3 Å². The molecular formula is C62H42N2O. The van der Waals surface area contributed by atoms with Crippen LogP contribution in [0.2, 0.25) is 0 Å². The van der Waals surface area contributed by atoms with Crippen molar-refractivity contribution in [2.45, 2.75) is 12.8 Å². The minimum absolute atomic E-state index is 0.934. The van der Waals surface area contributed by atoms with Gasteiger partial charge < -0.3 is 13.9 Å². The van der Waals surface area contributed by atoms with Crippen LogP contribution in [0.5, 0.6) is 0 Å². The Morgan fingerprint density at radius 2 is 0.908 bits per heavy atom. The van der Waals surface area contributed by atoms with Gasteiger partial charge in [-0.1, -0.05) is 170 Å². The van der Waals surface area contributed by atoms with Gasteiger partial charge in [-0.15, -0.1) is 0 Å². The molecule has 3 heteroatoms. The lowest BCUT2D eigenvalue weighted by molar-refractivity contribution is 0.545. The maximum absolute atomic E-state index is 6.64. The van der Waals surface area contributed by atoms with Gasteiger partial charge in [-0.2, -0.15) is 0 Å². The summed E-state index contributed by atoms with van der Waals surface area (Å²) >= 11 is 0. The number of anilines is 3. The number of allylic oxidation sites excluding steroid dienone is 1. The number of para-hydroxylation sites is 2. The van der Waals surface area contributed by atoms with Crippen LogP contribution in [0, 0.1) is 0 Å². The third-order valence-electron chi connectivity index (χ3n) is 13.5. The van der Waals surface area contributed by atoms with E-state index < -0.39 is 0 Å².